The number of aromatic nitrogens is 4. The third-order valence-corrected chi connectivity index (χ3v) is 3.32. The molecule has 104 valence electrons. The van der Waals surface area contributed by atoms with Crippen molar-refractivity contribution < 1.29 is 4.74 Å². The van der Waals surface area contributed by atoms with Gasteiger partial charge in [-0.3, -0.25) is 4.68 Å². The van der Waals surface area contributed by atoms with Crippen LogP contribution in [0.4, 0.5) is 0 Å². The van der Waals surface area contributed by atoms with E-state index in [-0.39, 0.29) is 0 Å². The summed E-state index contributed by atoms with van der Waals surface area (Å²) in [6.45, 7) is 6.48. The summed E-state index contributed by atoms with van der Waals surface area (Å²) in [5, 5.41) is 8.76. The second kappa shape index (κ2) is 5.05. The lowest BCUT2D eigenvalue weighted by Gasteiger charge is -2.08. The number of nitrogens with zero attached hydrogens (tertiary/aromatic N) is 4. The van der Waals surface area contributed by atoms with Gasteiger partial charge in [-0.15, -0.1) is 0 Å². The average Bonchev–Trinajstić information content (AvgIpc) is 2.73. The van der Waals surface area contributed by atoms with Gasteiger partial charge in [-0.05, 0) is 33.7 Å². The first-order chi connectivity index (χ1) is 8.95. The minimum absolute atomic E-state index is 0.577. The summed E-state index contributed by atoms with van der Waals surface area (Å²) in [5.41, 5.74) is 9.55. The first-order valence-electron chi connectivity index (χ1n) is 6.36. The maximum absolute atomic E-state index is 6.06. The molecule has 0 aliphatic carbocycles. The fourth-order valence-corrected chi connectivity index (χ4v) is 2.24. The topological polar surface area (TPSA) is 70.9 Å². The number of nitrogens with two attached hydrogens (primary N) is 1. The lowest BCUT2D eigenvalue weighted by Crippen LogP contribution is -2.05. The van der Waals surface area contributed by atoms with Crippen molar-refractivity contribution in [3.05, 3.63) is 22.6 Å². The van der Waals surface area contributed by atoms with Gasteiger partial charge >= 0.3 is 0 Å². The summed E-state index contributed by atoms with van der Waals surface area (Å²) >= 11 is 0. The average molecular weight is 263 g/mol. The number of hydrogen-bond donors (Lipinski definition) is 1. The number of rotatable bonds is 4. The van der Waals surface area contributed by atoms with Gasteiger partial charge in [0.25, 0.3) is 0 Å². The van der Waals surface area contributed by atoms with Crippen LogP contribution in [-0.2, 0) is 20.5 Å². The molecule has 6 heteroatoms. The van der Waals surface area contributed by atoms with E-state index in [1.807, 2.05) is 39.5 Å². The van der Waals surface area contributed by atoms with E-state index in [9.17, 15) is 0 Å². The summed E-state index contributed by atoms with van der Waals surface area (Å²) in [6.07, 6.45) is 0.757. The van der Waals surface area contributed by atoms with Crippen molar-refractivity contribution >= 4 is 0 Å². The Morgan fingerprint density at radius 2 is 1.68 bits per heavy atom. The van der Waals surface area contributed by atoms with E-state index in [1.165, 1.54) is 0 Å². The molecule has 19 heavy (non-hydrogen) atoms. The second-order valence-corrected chi connectivity index (χ2v) is 4.76. The Labute approximate surface area is 113 Å². The van der Waals surface area contributed by atoms with Crippen molar-refractivity contribution in [2.45, 2.75) is 27.2 Å². The standard InChI is InChI=1S/C13H21N5O/c1-8-11(6-7-14)13(18(5)15-8)19-12-9(2)16-17(4)10(12)3/h6-7,14H2,1-5H3. The molecule has 0 aliphatic rings. The fraction of sp³-hybridized carbons (Fsp3) is 0.538. The molecule has 0 aromatic carbocycles. The minimum atomic E-state index is 0.577. The second-order valence-electron chi connectivity index (χ2n) is 4.76. The molecule has 0 saturated heterocycles. The van der Waals surface area contributed by atoms with Crippen molar-refractivity contribution in [2.24, 2.45) is 19.8 Å². The zero-order valence-electron chi connectivity index (χ0n) is 12.2. The molecule has 2 heterocycles. The fourth-order valence-electron chi connectivity index (χ4n) is 2.24. The van der Waals surface area contributed by atoms with Crippen LogP contribution in [0, 0.1) is 20.8 Å². The van der Waals surface area contributed by atoms with Crippen LogP contribution in [0.1, 0.15) is 22.6 Å². The highest BCUT2D eigenvalue weighted by Gasteiger charge is 2.18. The van der Waals surface area contributed by atoms with Crippen molar-refractivity contribution in [2.75, 3.05) is 6.54 Å². The highest BCUT2D eigenvalue weighted by molar-refractivity contribution is 5.39. The monoisotopic (exact) mass is 263 g/mol. The maximum Gasteiger partial charge on any atom is 0.221 e. The summed E-state index contributed by atoms with van der Waals surface area (Å²) in [6, 6.07) is 0. The highest BCUT2D eigenvalue weighted by atomic mass is 16.5. The smallest absolute Gasteiger partial charge is 0.221 e. The number of hydrogen-bond acceptors (Lipinski definition) is 4. The maximum atomic E-state index is 6.06. The molecular weight excluding hydrogens is 242 g/mol. The third-order valence-electron chi connectivity index (χ3n) is 3.32. The molecule has 0 amide bonds. The molecule has 2 aromatic rings. The van der Waals surface area contributed by atoms with Crippen LogP contribution in [0.3, 0.4) is 0 Å². The van der Waals surface area contributed by atoms with Gasteiger partial charge in [0, 0.05) is 19.7 Å². The normalized spacial score (nSPS) is 11.1. The zero-order valence-corrected chi connectivity index (χ0v) is 12.2. The highest BCUT2D eigenvalue weighted by Crippen LogP contribution is 2.31. The predicted octanol–water partition coefficient (Wildman–Crippen LogP) is 1.37. The number of aryl methyl sites for hydroxylation is 4. The van der Waals surface area contributed by atoms with Gasteiger partial charge in [0.15, 0.2) is 5.75 Å². The van der Waals surface area contributed by atoms with Crippen molar-refractivity contribution in [1.82, 2.24) is 19.6 Å². The molecule has 0 aliphatic heterocycles. The molecule has 0 bridgehead atoms. The molecule has 6 nitrogen and oxygen atoms in total. The van der Waals surface area contributed by atoms with E-state index in [0.717, 1.165) is 40.7 Å². The van der Waals surface area contributed by atoms with E-state index in [4.69, 9.17) is 10.5 Å². The van der Waals surface area contributed by atoms with Gasteiger partial charge in [-0.25, -0.2) is 4.68 Å². The zero-order chi connectivity index (χ0) is 14.2. The van der Waals surface area contributed by atoms with Crippen LogP contribution in [-0.4, -0.2) is 26.1 Å². The van der Waals surface area contributed by atoms with Gasteiger partial charge in [0.2, 0.25) is 5.88 Å². The van der Waals surface area contributed by atoms with Crippen LogP contribution in [0.5, 0.6) is 11.6 Å². The van der Waals surface area contributed by atoms with Gasteiger partial charge in [0.1, 0.15) is 5.69 Å². The van der Waals surface area contributed by atoms with Gasteiger partial charge in [-0.2, -0.15) is 10.2 Å². The Morgan fingerprint density at radius 1 is 1.05 bits per heavy atom. The number of ether oxygens (including phenoxy) is 1. The van der Waals surface area contributed by atoms with Crippen LogP contribution in [0.2, 0.25) is 0 Å². The van der Waals surface area contributed by atoms with Crippen LogP contribution < -0.4 is 10.5 Å². The van der Waals surface area contributed by atoms with E-state index in [1.54, 1.807) is 4.68 Å². The summed E-state index contributed by atoms with van der Waals surface area (Å²) in [4.78, 5) is 0. The summed E-state index contributed by atoms with van der Waals surface area (Å²) in [5.74, 6) is 1.55. The Bertz CT molecular complexity index is 597. The van der Waals surface area contributed by atoms with E-state index >= 15 is 0 Å². The molecule has 0 unspecified atom stereocenters. The first-order valence-corrected chi connectivity index (χ1v) is 6.36. The molecule has 2 N–H and O–H groups in total. The van der Waals surface area contributed by atoms with Crippen molar-refractivity contribution in [1.29, 1.82) is 0 Å². The van der Waals surface area contributed by atoms with Crippen molar-refractivity contribution in [3.63, 3.8) is 0 Å². The van der Waals surface area contributed by atoms with Crippen LogP contribution >= 0.6 is 0 Å². The Kier molecular flexibility index (Phi) is 3.61. The molecule has 0 spiro atoms. The molecule has 0 fully saturated rings. The van der Waals surface area contributed by atoms with Gasteiger partial charge < -0.3 is 10.5 Å². The quantitative estimate of drug-likeness (QED) is 0.904. The van der Waals surface area contributed by atoms with E-state index in [0.29, 0.717) is 6.54 Å². The first kappa shape index (κ1) is 13.6. The molecule has 0 radical (unpaired) electrons. The van der Waals surface area contributed by atoms with Crippen molar-refractivity contribution in [3.8, 4) is 11.6 Å². The summed E-state index contributed by atoms with van der Waals surface area (Å²) in [7, 11) is 3.79. The minimum Gasteiger partial charge on any atom is -0.435 e. The molecule has 0 atom stereocenters. The van der Waals surface area contributed by atoms with Gasteiger partial charge in [0.05, 0.1) is 11.4 Å². The molecule has 0 saturated carbocycles. The van der Waals surface area contributed by atoms with Gasteiger partial charge in [-0.1, -0.05) is 0 Å². The Morgan fingerprint density at radius 3 is 2.21 bits per heavy atom. The Balaban J connectivity index is 2.43. The SMILES string of the molecule is Cc1nn(C)c(Oc2c(C)nn(C)c2C)c1CCN. The molecule has 2 rings (SSSR count). The third kappa shape index (κ3) is 2.35. The predicted molar refractivity (Wildman–Crippen MR) is 73.5 cm³/mol. The summed E-state index contributed by atoms with van der Waals surface area (Å²) < 4.78 is 9.63. The largest absolute Gasteiger partial charge is 0.435 e. The molecule has 2 aromatic heterocycles. The van der Waals surface area contributed by atoms with Crippen LogP contribution in [0.15, 0.2) is 0 Å². The lowest BCUT2D eigenvalue weighted by atomic mass is 10.2. The molecular formula is C13H21N5O. The Hall–Kier alpha value is -1.82. The van der Waals surface area contributed by atoms with E-state index in [2.05, 4.69) is 10.2 Å². The van der Waals surface area contributed by atoms with E-state index < -0.39 is 0 Å². The lowest BCUT2D eigenvalue weighted by molar-refractivity contribution is 0.420. The van der Waals surface area contributed by atoms with Crippen LogP contribution in [0.25, 0.3) is 0 Å².